The van der Waals surface area contributed by atoms with Crippen LogP contribution < -0.4 is 10.2 Å². The van der Waals surface area contributed by atoms with Crippen molar-refractivity contribution in [2.24, 2.45) is 9.98 Å². The van der Waals surface area contributed by atoms with Crippen LogP contribution in [0.2, 0.25) is 0 Å². The average Bonchev–Trinajstić information content (AvgIpc) is 3.61. The van der Waals surface area contributed by atoms with Crippen LogP contribution in [0.4, 0.5) is 0 Å². The minimum atomic E-state index is -1.41. The lowest BCUT2D eigenvalue weighted by Crippen LogP contribution is -2.30. The topological polar surface area (TPSA) is 178 Å². The number of rotatable bonds is 12. The summed E-state index contributed by atoms with van der Waals surface area (Å²) < 4.78 is 10.6. The van der Waals surface area contributed by atoms with Crippen LogP contribution in [0.5, 0.6) is 0 Å². The second kappa shape index (κ2) is 17.9. The fraction of sp³-hybridized carbons (Fsp3) is 0.286. The van der Waals surface area contributed by atoms with Crippen molar-refractivity contribution in [1.29, 1.82) is 0 Å². The number of aliphatic carboxylic acids is 1. The third kappa shape index (κ3) is 9.62. The van der Waals surface area contributed by atoms with E-state index in [-0.39, 0.29) is 62.7 Å². The van der Waals surface area contributed by atoms with Gasteiger partial charge in [-0.15, -0.1) is 0 Å². The van der Waals surface area contributed by atoms with Crippen LogP contribution in [0.3, 0.4) is 0 Å². The van der Waals surface area contributed by atoms with E-state index >= 15 is 0 Å². The predicted molar refractivity (Wildman–Crippen MR) is 197 cm³/mol. The number of carboxylic acids is 1. The van der Waals surface area contributed by atoms with Crippen molar-refractivity contribution in [3.63, 3.8) is 0 Å². The van der Waals surface area contributed by atoms with Gasteiger partial charge in [-0.05, 0) is 65.3 Å². The van der Waals surface area contributed by atoms with E-state index < -0.39 is 30.2 Å². The first-order valence-corrected chi connectivity index (χ1v) is 16.8. The van der Waals surface area contributed by atoms with Gasteiger partial charge in [-0.2, -0.15) is 0 Å². The van der Waals surface area contributed by atoms with Crippen molar-refractivity contribution in [2.75, 3.05) is 13.2 Å². The monoisotopic (exact) mass is 718 g/mol. The molecule has 0 bridgehead atoms. The Hall–Kier alpha value is -6.10. The lowest BCUT2D eigenvalue weighted by atomic mass is 9.98. The zero-order valence-electron chi connectivity index (χ0n) is 29.0. The van der Waals surface area contributed by atoms with Gasteiger partial charge in [-0.25, -0.2) is 4.79 Å². The number of carbonyl (C=O) groups excluding carboxylic acids is 3. The number of nitrogens with zero attached hydrogens (tertiary/aromatic N) is 2. The summed E-state index contributed by atoms with van der Waals surface area (Å²) in [5.41, 5.74) is 8.79. The molecule has 0 fully saturated rings. The molecular weight excluding hydrogens is 676 g/mol. The van der Waals surface area contributed by atoms with Gasteiger partial charge in [-0.3, -0.25) is 24.4 Å². The van der Waals surface area contributed by atoms with Gasteiger partial charge >= 0.3 is 5.97 Å². The molecule has 0 aromatic heterocycles. The van der Waals surface area contributed by atoms with Crippen molar-refractivity contribution >= 4 is 35.5 Å². The fourth-order valence-corrected chi connectivity index (χ4v) is 6.53. The molecule has 0 aliphatic heterocycles. The van der Waals surface area contributed by atoms with Gasteiger partial charge in [0, 0.05) is 37.9 Å². The molecule has 2 aliphatic rings. The number of fused-ring (bicyclic) bond motifs is 6. The zero-order valence-corrected chi connectivity index (χ0v) is 29.0. The Balaban J connectivity index is 0.000000232. The number of carbonyl (C=O) groups is 4. The summed E-state index contributed by atoms with van der Waals surface area (Å²) >= 11 is 0. The Labute approximate surface area is 308 Å². The lowest BCUT2D eigenvalue weighted by molar-refractivity contribution is -0.252. The number of ketones is 3. The molecule has 4 aromatic rings. The molecule has 4 aromatic carbocycles. The number of hydrogen-bond donors (Lipinski definition) is 1. The largest absolute Gasteiger partial charge is 0.599 e. The van der Waals surface area contributed by atoms with E-state index in [4.69, 9.17) is 14.6 Å². The van der Waals surface area contributed by atoms with Crippen LogP contribution in [0.25, 0.3) is 22.3 Å². The minimum Gasteiger partial charge on any atom is -0.599 e. The van der Waals surface area contributed by atoms with Crippen molar-refractivity contribution in [3.05, 3.63) is 119 Å². The first-order chi connectivity index (χ1) is 24.9. The molecule has 6 rings (SSSR count). The number of benzene rings is 4. The molecule has 0 spiro atoms. The summed E-state index contributed by atoms with van der Waals surface area (Å²) in [6, 6.07) is 29.5. The summed E-state index contributed by atoms with van der Waals surface area (Å²) in [6.45, 7) is 4.13. The Bertz CT molecular complexity index is 1800. The Kier molecular flexibility index (Phi) is 13.4. The molecule has 2 aliphatic carbocycles. The number of carboxylic acid groups (broad SMARTS) is 1. The highest BCUT2D eigenvalue weighted by molar-refractivity contribution is 5.89. The third-order valence-corrected chi connectivity index (χ3v) is 8.91. The lowest BCUT2D eigenvalue weighted by Gasteiger charge is -2.22. The maximum absolute atomic E-state index is 12.1. The molecule has 2 unspecified atom stereocenters. The summed E-state index contributed by atoms with van der Waals surface area (Å²) in [5.74, 6) is -2.39. The average molecular weight is 719 g/mol. The highest BCUT2D eigenvalue weighted by atomic mass is 16.6. The number of hydrogen-bond acceptors (Lipinski definition) is 10. The molecule has 0 saturated carbocycles. The van der Waals surface area contributed by atoms with E-state index in [9.17, 15) is 29.4 Å². The maximum atomic E-state index is 12.1. The van der Waals surface area contributed by atoms with Crippen LogP contribution >= 0.6 is 0 Å². The highest BCUT2D eigenvalue weighted by Gasteiger charge is 2.28. The van der Waals surface area contributed by atoms with Gasteiger partial charge in [0.2, 0.25) is 0 Å². The van der Waals surface area contributed by atoms with Crippen molar-refractivity contribution in [2.45, 2.75) is 65.0 Å². The fourth-order valence-electron chi connectivity index (χ4n) is 6.53. The van der Waals surface area contributed by atoms with Crippen LogP contribution in [-0.4, -0.2) is 65.9 Å². The molecular formula is C42H42N2O9-2. The molecule has 0 radical (unpaired) electrons. The third-order valence-electron chi connectivity index (χ3n) is 8.91. The molecule has 53 heavy (non-hydrogen) atoms. The van der Waals surface area contributed by atoms with Gasteiger partial charge < -0.3 is 24.8 Å². The van der Waals surface area contributed by atoms with Crippen LogP contribution in [0.1, 0.15) is 75.1 Å². The molecule has 0 amide bonds. The predicted octanol–water partition coefficient (Wildman–Crippen LogP) is 5.07. The maximum Gasteiger partial charge on any atom is 0.328 e. The van der Waals surface area contributed by atoms with Gasteiger partial charge in [0.15, 0.2) is 11.8 Å². The molecule has 0 saturated heterocycles. The van der Waals surface area contributed by atoms with Crippen LogP contribution in [-0.2, 0) is 28.7 Å². The molecule has 1 N–H and O–H groups in total. The zero-order chi connectivity index (χ0) is 37.4. The van der Waals surface area contributed by atoms with E-state index in [0.29, 0.717) is 0 Å². The van der Waals surface area contributed by atoms with E-state index in [0.717, 1.165) is 44.5 Å². The first-order valence-electron chi connectivity index (χ1n) is 16.8. The summed E-state index contributed by atoms with van der Waals surface area (Å²) in [7, 11) is 0. The van der Waals surface area contributed by atoms with Crippen LogP contribution in [0, 0.1) is 0 Å². The Morgan fingerprint density at radius 2 is 0.887 bits per heavy atom. The number of Topliss-reactive ketones (excluding diaryl/α,β-unsaturated/α-hetero) is 3. The van der Waals surface area contributed by atoms with Gasteiger partial charge in [0.05, 0.1) is 0 Å². The summed E-state index contributed by atoms with van der Waals surface area (Å²) in [5, 5.41) is 33.1. The second-order valence-electron chi connectivity index (χ2n) is 12.7. The number of ether oxygens (including phenoxy) is 2. The van der Waals surface area contributed by atoms with E-state index in [1.165, 1.54) is 20.8 Å². The summed E-state index contributed by atoms with van der Waals surface area (Å²) in [4.78, 5) is 52.2. The standard InChI is InChI=1S/C21H21NO4.C20H19NO5.CH4/c1-13(23)11-20(14(2)24)22-21(25)26-12-19-17-9-5-3-7-15(17)16-8-4-6-10-18(16)19;1-12(22)10-18(19(23)24)21-20(25)26-11-17-15-8-4-2-6-13(15)14-7-3-5-9-16(14)17;/h3-10,19-20H,11-12H2,1-2H3,(H,22,25);2-9,17-18H,10-11H2,1H3,(H,21,25)(H,23,24);1H4/p-2. The minimum absolute atomic E-state index is 0. The number of aliphatic imine (C=N–C) groups is 2. The van der Waals surface area contributed by atoms with E-state index in [1.807, 2.05) is 84.9 Å². The summed E-state index contributed by atoms with van der Waals surface area (Å²) in [6.07, 6.45) is -2.20. The Morgan fingerprint density at radius 3 is 1.19 bits per heavy atom. The quantitative estimate of drug-likeness (QED) is 0.155. The van der Waals surface area contributed by atoms with Crippen molar-refractivity contribution in [3.8, 4) is 22.3 Å². The molecule has 0 heterocycles. The molecule has 11 nitrogen and oxygen atoms in total. The van der Waals surface area contributed by atoms with E-state index in [1.54, 1.807) is 0 Å². The second-order valence-corrected chi connectivity index (χ2v) is 12.7. The highest BCUT2D eigenvalue weighted by Crippen LogP contribution is 2.45. The SMILES string of the molecule is C.CC(=O)CC(N=C([O-])OCC1c2ccccc2-c2ccccc21)C(=O)O.CC(=O)CC(N=C([O-])OCC1c2ccccc2-c2ccccc21)C(C)=O. The van der Waals surface area contributed by atoms with Gasteiger partial charge in [0.1, 0.15) is 29.8 Å². The molecule has 2 atom stereocenters. The molecule has 276 valence electrons. The van der Waals surface area contributed by atoms with Gasteiger partial charge in [0.25, 0.3) is 0 Å². The van der Waals surface area contributed by atoms with Gasteiger partial charge in [-0.1, -0.05) is 104 Å². The smallest absolute Gasteiger partial charge is 0.328 e. The van der Waals surface area contributed by atoms with E-state index in [2.05, 4.69) is 22.1 Å². The normalized spacial score (nSPS) is 14.2. The Morgan fingerprint density at radius 1 is 0.585 bits per heavy atom. The van der Waals surface area contributed by atoms with Crippen molar-refractivity contribution in [1.82, 2.24) is 0 Å². The first kappa shape index (κ1) is 39.7. The van der Waals surface area contributed by atoms with Crippen LogP contribution in [0.15, 0.2) is 107 Å². The van der Waals surface area contributed by atoms with Crippen molar-refractivity contribution < 1.29 is 44.0 Å². The molecule has 11 heteroatoms.